The first-order valence-corrected chi connectivity index (χ1v) is 9.10. The van der Waals surface area contributed by atoms with E-state index in [1.54, 1.807) is 26.0 Å². The highest BCUT2D eigenvalue weighted by Crippen LogP contribution is 2.24. The van der Waals surface area contributed by atoms with Gasteiger partial charge in [-0.05, 0) is 50.8 Å². The Morgan fingerprint density at radius 2 is 1.78 bits per heavy atom. The van der Waals surface area contributed by atoms with E-state index in [1.165, 1.54) is 6.92 Å². The number of esters is 1. The number of ether oxygens (including phenoxy) is 1. The highest BCUT2D eigenvalue weighted by Gasteiger charge is 2.49. The second kappa shape index (κ2) is 7.90. The zero-order valence-electron chi connectivity index (χ0n) is 16.4. The van der Waals surface area contributed by atoms with Crippen molar-refractivity contribution in [1.82, 2.24) is 10.2 Å². The molecular formula is C20H26N2O5. The third kappa shape index (κ3) is 4.02. The van der Waals surface area contributed by atoms with E-state index in [0.717, 1.165) is 16.0 Å². The molecule has 1 aliphatic heterocycles. The van der Waals surface area contributed by atoms with Crippen molar-refractivity contribution in [3.8, 4) is 0 Å². The molecular weight excluding hydrogens is 348 g/mol. The standard InChI is InChI=1S/C20H26N2O5/c1-6-20(7-2)18(25)22(19(26)21-20)11-16(23)27-14(5)17(24)15-9-8-12(3)13(4)10-15/h8-10,14H,6-7,11H2,1-5H3,(H,21,26)/t14-/m1/s1. The Balaban J connectivity index is 2.02. The minimum Gasteiger partial charge on any atom is -0.453 e. The van der Waals surface area contributed by atoms with E-state index in [0.29, 0.717) is 18.4 Å². The van der Waals surface area contributed by atoms with Crippen LogP contribution in [-0.4, -0.2) is 46.8 Å². The molecule has 0 unspecified atom stereocenters. The minimum atomic E-state index is -1.01. The van der Waals surface area contributed by atoms with E-state index >= 15 is 0 Å². The number of benzene rings is 1. The Labute approximate surface area is 159 Å². The van der Waals surface area contributed by atoms with Gasteiger partial charge in [-0.1, -0.05) is 26.0 Å². The molecule has 1 aliphatic rings. The summed E-state index contributed by atoms with van der Waals surface area (Å²) in [5.74, 6) is -1.58. The molecule has 1 heterocycles. The number of nitrogens with one attached hydrogen (secondary N) is 1. The SMILES string of the molecule is CCC1(CC)NC(=O)N(CC(=O)O[C@H](C)C(=O)c2ccc(C)c(C)c2)C1=O. The summed E-state index contributed by atoms with van der Waals surface area (Å²) in [6, 6.07) is 4.65. The summed E-state index contributed by atoms with van der Waals surface area (Å²) in [5.41, 5.74) is 1.50. The van der Waals surface area contributed by atoms with Crippen LogP contribution in [-0.2, 0) is 14.3 Å². The van der Waals surface area contributed by atoms with Crippen LogP contribution < -0.4 is 5.32 Å². The van der Waals surface area contributed by atoms with Gasteiger partial charge in [-0.15, -0.1) is 0 Å². The van der Waals surface area contributed by atoms with Gasteiger partial charge in [0, 0.05) is 5.56 Å². The number of rotatable bonds is 7. The van der Waals surface area contributed by atoms with Crippen molar-refractivity contribution in [3.05, 3.63) is 34.9 Å². The van der Waals surface area contributed by atoms with Crippen LogP contribution in [0.3, 0.4) is 0 Å². The van der Waals surface area contributed by atoms with Gasteiger partial charge in [0.05, 0.1) is 0 Å². The number of carbonyl (C=O) groups is 4. The molecule has 1 aromatic carbocycles. The summed E-state index contributed by atoms with van der Waals surface area (Å²) in [5, 5.41) is 2.65. The third-order valence-electron chi connectivity index (χ3n) is 5.21. The van der Waals surface area contributed by atoms with Crippen LogP contribution in [0, 0.1) is 13.8 Å². The Morgan fingerprint density at radius 1 is 1.15 bits per heavy atom. The lowest BCUT2D eigenvalue weighted by Crippen LogP contribution is -2.46. The lowest BCUT2D eigenvalue weighted by Gasteiger charge is -2.23. The molecule has 1 fully saturated rings. The van der Waals surface area contributed by atoms with Crippen LogP contribution in [0.2, 0.25) is 0 Å². The Hall–Kier alpha value is -2.70. The first-order valence-electron chi connectivity index (χ1n) is 9.10. The molecule has 1 aromatic rings. The fraction of sp³-hybridized carbons (Fsp3) is 0.500. The average molecular weight is 374 g/mol. The average Bonchev–Trinajstić information content (AvgIpc) is 2.87. The van der Waals surface area contributed by atoms with E-state index in [4.69, 9.17) is 4.74 Å². The molecule has 7 heteroatoms. The summed E-state index contributed by atoms with van der Waals surface area (Å²) < 4.78 is 5.17. The molecule has 3 amide bonds. The van der Waals surface area contributed by atoms with Crippen molar-refractivity contribution >= 4 is 23.7 Å². The Kier molecular flexibility index (Phi) is 6.03. The summed E-state index contributed by atoms with van der Waals surface area (Å²) in [4.78, 5) is 50.1. The topological polar surface area (TPSA) is 92.8 Å². The summed E-state index contributed by atoms with van der Waals surface area (Å²) in [6.07, 6.45) is -0.148. The van der Waals surface area contributed by atoms with Gasteiger partial charge in [-0.25, -0.2) is 4.79 Å². The minimum absolute atomic E-state index is 0.333. The lowest BCUT2D eigenvalue weighted by molar-refractivity contribution is -0.150. The van der Waals surface area contributed by atoms with Crippen molar-refractivity contribution < 1.29 is 23.9 Å². The predicted molar refractivity (Wildman–Crippen MR) is 99.4 cm³/mol. The van der Waals surface area contributed by atoms with Crippen LogP contribution in [0.4, 0.5) is 4.79 Å². The number of amides is 3. The zero-order chi connectivity index (χ0) is 20.4. The number of hydrogen-bond acceptors (Lipinski definition) is 5. The fourth-order valence-corrected chi connectivity index (χ4v) is 3.10. The quantitative estimate of drug-likeness (QED) is 0.450. The van der Waals surface area contributed by atoms with Crippen molar-refractivity contribution in [2.24, 2.45) is 0 Å². The van der Waals surface area contributed by atoms with Gasteiger partial charge in [0.25, 0.3) is 5.91 Å². The van der Waals surface area contributed by atoms with Crippen molar-refractivity contribution in [3.63, 3.8) is 0 Å². The number of aryl methyl sites for hydroxylation is 2. The highest BCUT2D eigenvalue weighted by atomic mass is 16.5. The van der Waals surface area contributed by atoms with E-state index < -0.39 is 36.1 Å². The molecule has 1 N–H and O–H groups in total. The highest BCUT2D eigenvalue weighted by molar-refractivity contribution is 6.08. The summed E-state index contributed by atoms with van der Waals surface area (Å²) in [7, 11) is 0. The van der Waals surface area contributed by atoms with Gasteiger partial charge in [0.1, 0.15) is 12.1 Å². The first-order chi connectivity index (χ1) is 12.6. The number of imide groups is 1. The van der Waals surface area contributed by atoms with Crippen molar-refractivity contribution in [2.45, 2.75) is 59.1 Å². The van der Waals surface area contributed by atoms with Gasteiger partial charge in [0.2, 0.25) is 5.78 Å². The Bertz CT molecular complexity index is 783. The molecule has 0 bridgehead atoms. The lowest BCUT2D eigenvalue weighted by atomic mass is 9.93. The van der Waals surface area contributed by atoms with Gasteiger partial charge in [0.15, 0.2) is 6.10 Å². The molecule has 1 atom stereocenters. The van der Waals surface area contributed by atoms with Crippen LogP contribution in [0.5, 0.6) is 0 Å². The molecule has 27 heavy (non-hydrogen) atoms. The van der Waals surface area contributed by atoms with E-state index in [-0.39, 0.29) is 5.78 Å². The van der Waals surface area contributed by atoms with Crippen LogP contribution in [0.25, 0.3) is 0 Å². The van der Waals surface area contributed by atoms with Crippen LogP contribution >= 0.6 is 0 Å². The smallest absolute Gasteiger partial charge is 0.326 e. The molecule has 1 saturated heterocycles. The monoisotopic (exact) mass is 374 g/mol. The van der Waals surface area contributed by atoms with Crippen LogP contribution in [0.15, 0.2) is 18.2 Å². The number of urea groups is 1. The number of carbonyl (C=O) groups excluding carboxylic acids is 4. The summed E-state index contributed by atoms with van der Waals surface area (Å²) >= 11 is 0. The number of nitrogens with zero attached hydrogens (tertiary/aromatic N) is 1. The second-order valence-corrected chi connectivity index (χ2v) is 6.91. The van der Waals surface area contributed by atoms with Crippen molar-refractivity contribution in [1.29, 1.82) is 0 Å². The molecule has 0 aromatic heterocycles. The normalized spacial score (nSPS) is 16.9. The van der Waals surface area contributed by atoms with E-state index in [9.17, 15) is 19.2 Å². The fourth-order valence-electron chi connectivity index (χ4n) is 3.10. The molecule has 0 radical (unpaired) electrons. The molecule has 0 saturated carbocycles. The van der Waals surface area contributed by atoms with E-state index in [2.05, 4.69) is 5.32 Å². The van der Waals surface area contributed by atoms with Gasteiger partial charge >= 0.3 is 12.0 Å². The third-order valence-corrected chi connectivity index (χ3v) is 5.21. The van der Waals surface area contributed by atoms with Crippen LogP contribution in [0.1, 0.15) is 55.1 Å². The molecule has 0 spiro atoms. The van der Waals surface area contributed by atoms with Gasteiger partial charge < -0.3 is 10.1 Å². The largest absolute Gasteiger partial charge is 0.453 e. The number of hydrogen-bond donors (Lipinski definition) is 1. The maximum absolute atomic E-state index is 12.5. The maximum Gasteiger partial charge on any atom is 0.326 e. The number of ketones is 1. The zero-order valence-corrected chi connectivity index (χ0v) is 16.4. The summed E-state index contributed by atoms with van der Waals surface area (Å²) in [6.45, 7) is 8.40. The number of Topliss-reactive ketones (excluding diaryl/α,β-unsaturated/α-hetero) is 1. The van der Waals surface area contributed by atoms with Gasteiger partial charge in [-0.3, -0.25) is 19.3 Å². The Morgan fingerprint density at radius 3 is 2.30 bits per heavy atom. The van der Waals surface area contributed by atoms with Gasteiger partial charge in [-0.2, -0.15) is 0 Å². The predicted octanol–water partition coefficient (Wildman–Crippen LogP) is 2.53. The molecule has 0 aliphatic carbocycles. The molecule has 2 rings (SSSR count). The first kappa shape index (κ1) is 20.6. The maximum atomic E-state index is 12.5. The molecule has 7 nitrogen and oxygen atoms in total. The molecule has 146 valence electrons. The van der Waals surface area contributed by atoms with Crippen molar-refractivity contribution in [2.75, 3.05) is 6.54 Å². The van der Waals surface area contributed by atoms with E-state index in [1.807, 2.05) is 19.9 Å². The second-order valence-electron chi connectivity index (χ2n) is 6.91.